The van der Waals surface area contributed by atoms with Gasteiger partial charge in [0.1, 0.15) is 0 Å². The first-order valence-corrected chi connectivity index (χ1v) is 2.73. The Morgan fingerprint density at radius 2 is 2.00 bits per heavy atom. The monoisotopic (exact) mass is 129 g/mol. The molecular formula is C7H8LiNO. The van der Waals surface area contributed by atoms with Crippen LogP contribution in [-0.4, -0.2) is 0 Å². The van der Waals surface area contributed by atoms with Crippen LogP contribution in [0.5, 0.6) is 5.75 Å². The largest absolute Gasteiger partial charge is 1.00 e. The summed E-state index contributed by atoms with van der Waals surface area (Å²) in [5.74, 6) is -0.0295. The average Bonchev–Trinajstić information content (AvgIpc) is 1.80. The van der Waals surface area contributed by atoms with Gasteiger partial charge in [0.15, 0.2) is 0 Å². The van der Waals surface area contributed by atoms with Gasteiger partial charge in [0.25, 0.3) is 0 Å². The van der Waals surface area contributed by atoms with Crippen molar-refractivity contribution in [3.8, 4) is 5.75 Å². The van der Waals surface area contributed by atoms with Gasteiger partial charge in [0.05, 0.1) is 0 Å². The van der Waals surface area contributed by atoms with Crippen molar-refractivity contribution in [3.63, 3.8) is 0 Å². The zero-order chi connectivity index (χ0) is 6.85. The molecule has 10 heavy (non-hydrogen) atoms. The molecule has 0 aliphatic carbocycles. The summed E-state index contributed by atoms with van der Waals surface area (Å²) in [4.78, 5) is 0. The molecule has 1 aromatic carbocycles. The number of nitrogens with two attached hydrogens (primary N) is 1. The number of hydrogen-bond acceptors (Lipinski definition) is 2. The second-order valence-corrected chi connectivity index (χ2v) is 2.02. The second-order valence-electron chi connectivity index (χ2n) is 2.02. The molecule has 0 unspecified atom stereocenters. The van der Waals surface area contributed by atoms with Gasteiger partial charge in [-0.15, -0.1) is 5.75 Å². The summed E-state index contributed by atoms with van der Waals surface area (Å²) in [6.45, 7) is 1.87. The van der Waals surface area contributed by atoms with Gasteiger partial charge in [0, 0.05) is 5.69 Å². The van der Waals surface area contributed by atoms with Gasteiger partial charge in [-0.05, 0) is 18.6 Å². The molecule has 1 rings (SSSR count). The fourth-order valence-electron chi connectivity index (χ4n) is 0.619. The van der Waals surface area contributed by atoms with Crippen LogP contribution in [0.4, 0.5) is 5.69 Å². The van der Waals surface area contributed by atoms with E-state index < -0.39 is 0 Å². The molecule has 0 radical (unpaired) electrons. The molecule has 0 bridgehead atoms. The molecule has 0 fully saturated rings. The van der Waals surface area contributed by atoms with Crippen LogP contribution in [0.25, 0.3) is 0 Å². The van der Waals surface area contributed by atoms with Crippen LogP contribution in [0.15, 0.2) is 18.2 Å². The number of aryl methyl sites for hydroxylation is 1. The molecule has 0 atom stereocenters. The first kappa shape index (κ1) is 9.42. The molecule has 0 aromatic heterocycles. The molecular weight excluding hydrogens is 121 g/mol. The van der Waals surface area contributed by atoms with Gasteiger partial charge in [-0.3, -0.25) is 0 Å². The Morgan fingerprint density at radius 3 is 2.40 bits per heavy atom. The Balaban J connectivity index is 0.000000810. The third-order valence-electron chi connectivity index (χ3n) is 1.25. The van der Waals surface area contributed by atoms with Crippen LogP contribution in [0.1, 0.15) is 5.56 Å². The third kappa shape index (κ3) is 1.98. The molecule has 2 N–H and O–H groups in total. The number of anilines is 1. The Labute approximate surface area is 72.2 Å². The van der Waals surface area contributed by atoms with Crippen molar-refractivity contribution in [2.75, 3.05) is 5.73 Å². The molecule has 0 aliphatic heterocycles. The Kier molecular flexibility index (Phi) is 3.35. The van der Waals surface area contributed by atoms with Crippen molar-refractivity contribution >= 4 is 5.69 Å². The second kappa shape index (κ2) is 3.55. The minimum Gasteiger partial charge on any atom is -0.872 e. The summed E-state index contributed by atoms with van der Waals surface area (Å²) in [7, 11) is 0. The van der Waals surface area contributed by atoms with E-state index in [1.54, 1.807) is 6.07 Å². The van der Waals surface area contributed by atoms with E-state index in [0.717, 1.165) is 5.56 Å². The van der Waals surface area contributed by atoms with Crippen LogP contribution in [-0.2, 0) is 0 Å². The summed E-state index contributed by atoms with van der Waals surface area (Å²) < 4.78 is 0. The summed E-state index contributed by atoms with van der Waals surface area (Å²) in [6, 6.07) is 4.65. The standard InChI is InChI=1S/C7H9NO.Li/c1-5-2-3-6(9)4-7(5)8;/h2-4,9H,8H2,1H3;/q;+1/p-1. The number of hydrogen-bond donors (Lipinski definition) is 1. The van der Waals surface area contributed by atoms with Gasteiger partial charge in [0.2, 0.25) is 0 Å². The molecule has 0 heterocycles. The van der Waals surface area contributed by atoms with E-state index in [0.29, 0.717) is 5.69 Å². The average molecular weight is 129 g/mol. The maximum atomic E-state index is 10.6. The van der Waals surface area contributed by atoms with Gasteiger partial charge >= 0.3 is 18.9 Å². The predicted octanol–water partition coefficient (Wildman–Crippen LogP) is -2.35. The first-order valence-electron chi connectivity index (χ1n) is 2.73. The Hall–Kier alpha value is -0.583. The minimum atomic E-state index is -0.0295. The molecule has 0 saturated heterocycles. The molecule has 48 valence electrons. The fraction of sp³-hybridized carbons (Fsp3) is 0.143. The first-order chi connectivity index (χ1) is 4.20. The van der Waals surface area contributed by atoms with Crippen molar-refractivity contribution in [1.29, 1.82) is 0 Å². The zero-order valence-electron chi connectivity index (χ0n) is 6.22. The summed E-state index contributed by atoms with van der Waals surface area (Å²) in [5.41, 5.74) is 6.95. The van der Waals surface area contributed by atoms with E-state index in [2.05, 4.69) is 0 Å². The van der Waals surface area contributed by atoms with Gasteiger partial charge < -0.3 is 10.8 Å². The van der Waals surface area contributed by atoms with Crippen LogP contribution in [0.3, 0.4) is 0 Å². The molecule has 1 aromatic rings. The minimum absolute atomic E-state index is 0. The summed E-state index contributed by atoms with van der Waals surface area (Å²) in [6.07, 6.45) is 0. The fourth-order valence-corrected chi connectivity index (χ4v) is 0.619. The molecule has 0 spiro atoms. The van der Waals surface area contributed by atoms with Crippen LogP contribution >= 0.6 is 0 Å². The molecule has 0 aliphatic rings. The van der Waals surface area contributed by atoms with Crippen LogP contribution in [0, 0.1) is 6.92 Å². The van der Waals surface area contributed by atoms with Crippen molar-refractivity contribution in [1.82, 2.24) is 0 Å². The summed E-state index contributed by atoms with van der Waals surface area (Å²) >= 11 is 0. The van der Waals surface area contributed by atoms with E-state index in [4.69, 9.17) is 5.73 Å². The van der Waals surface area contributed by atoms with E-state index in [9.17, 15) is 5.11 Å². The smallest absolute Gasteiger partial charge is 0.872 e. The third-order valence-corrected chi connectivity index (χ3v) is 1.25. The van der Waals surface area contributed by atoms with E-state index >= 15 is 0 Å². The molecule has 0 amide bonds. The normalized spacial score (nSPS) is 8.50. The number of rotatable bonds is 0. The predicted molar refractivity (Wildman–Crippen MR) is 35.0 cm³/mol. The Bertz CT molecular complexity index is 225. The van der Waals surface area contributed by atoms with Gasteiger partial charge in [-0.25, -0.2) is 0 Å². The van der Waals surface area contributed by atoms with Crippen molar-refractivity contribution in [2.24, 2.45) is 0 Å². The van der Waals surface area contributed by atoms with Gasteiger partial charge in [-0.1, -0.05) is 12.1 Å². The van der Waals surface area contributed by atoms with Crippen LogP contribution in [0.2, 0.25) is 0 Å². The van der Waals surface area contributed by atoms with Crippen LogP contribution < -0.4 is 29.7 Å². The number of nitrogen functional groups attached to an aromatic ring is 1. The van der Waals surface area contributed by atoms with E-state index in [-0.39, 0.29) is 24.6 Å². The van der Waals surface area contributed by atoms with Crippen molar-refractivity contribution in [3.05, 3.63) is 23.8 Å². The Morgan fingerprint density at radius 1 is 1.40 bits per heavy atom. The number of benzene rings is 1. The maximum absolute atomic E-state index is 10.6. The van der Waals surface area contributed by atoms with Gasteiger partial charge in [-0.2, -0.15) is 0 Å². The topological polar surface area (TPSA) is 49.1 Å². The quantitative estimate of drug-likeness (QED) is 0.315. The molecule has 3 heteroatoms. The summed E-state index contributed by atoms with van der Waals surface area (Å²) in [5, 5.41) is 10.6. The van der Waals surface area contributed by atoms with E-state index in [1.807, 2.05) is 6.92 Å². The SMILES string of the molecule is Cc1ccc([O-])cc1N.[Li+]. The van der Waals surface area contributed by atoms with Crippen molar-refractivity contribution in [2.45, 2.75) is 6.92 Å². The van der Waals surface area contributed by atoms with Crippen molar-refractivity contribution < 1.29 is 24.0 Å². The zero-order valence-corrected chi connectivity index (χ0v) is 6.22. The maximum Gasteiger partial charge on any atom is 1.00 e. The molecule has 2 nitrogen and oxygen atoms in total. The van der Waals surface area contributed by atoms with E-state index in [1.165, 1.54) is 12.1 Å². The molecule has 0 saturated carbocycles.